The molecule has 114 valence electrons. The van der Waals surface area contributed by atoms with Crippen molar-refractivity contribution >= 4 is 10.0 Å². The zero-order valence-corrected chi connectivity index (χ0v) is 12.8. The second-order valence-corrected chi connectivity index (χ2v) is 7.48. The highest BCUT2D eigenvalue weighted by atomic mass is 32.2. The van der Waals surface area contributed by atoms with Crippen molar-refractivity contribution < 1.29 is 8.42 Å². The number of aromatic nitrogens is 2. The topological polar surface area (TPSA) is 90.0 Å². The molecule has 20 heavy (non-hydrogen) atoms. The largest absolute Gasteiger partial charge is 0.329 e. The molecule has 1 fully saturated rings. The summed E-state index contributed by atoms with van der Waals surface area (Å²) in [6.07, 6.45) is 7.57. The van der Waals surface area contributed by atoms with Crippen molar-refractivity contribution in [2.24, 2.45) is 17.6 Å². The molecular weight excluding hydrogens is 276 g/mol. The molecule has 0 aliphatic heterocycles. The van der Waals surface area contributed by atoms with Crippen LogP contribution in [0.25, 0.3) is 0 Å². The van der Waals surface area contributed by atoms with Gasteiger partial charge in [-0.05, 0) is 24.7 Å². The third kappa shape index (κ3) is 4.04. The minimum Gasteiger partial charge on any atom is -0.329 e. The second-order valence-electron chi connectivity index (χ2n) is 5.72. The molecule has 2 atom stereocenters. The van der Waals surface area contributed by atoms with Crippen LogP contribution in [0.3, 0.4) is 0 Å². The Morgan fingerprint density at radius 2 is 2.30 bits per heavy atom. The molecular formula is C13H24N4O2S. The van der Waals surface area contributed by atoms with Crippen LogP contribution in [0.4, 0.5) is 0 Å². The molecule has 0 saturated heterocycles. The van der Waals surface area contributed by atoms with Gasteiger partial charge in [-0.3, -0.25) is 4.68 Å². The smallest absolute Gasteiger partial charge is 0.243 e. The Bertz CT molecular complexity index is 526. The van der Waals surface area contributed by atoms with Crippen LogP contribution in [0, 0.1) is 11.8 Å². The van der Waals surface area contributed by atoms with E-state index in [1.54, 1.807) is 4.68 Å². The van der Waals surface area contributed by atoms with Crippen LogP contribution in [-0.2, 0) is 16.6 Å². The average Bonchev–Trinajstić information content (AvgIpc) is 2.87. The Kier molecular flexibility index (Phi) is 5.17. The zero-order valence-electron chi connectivity index (χ0n) is 12.0. The molecule has 1 saturated carbocycles. The lowest BCUT2D eigenvalue weighted by Crippen LogP contribution is -2.31. The van der Waals surface area contributed by atoms with E-state index in [1.165, 1.54) is 25.2 Å². The van der Waals surface area contributed by atoms with Crippen LogP contribution in [0.5, 0.6) is 0 Å². The van der Waals surface area contributed by atoms with Gasteiger partial charge in [0.2, 0.25) is 10.0 Å². The summed E-state index contributed by atoms with van der Waals surface area (Å²) >= 11 is 0. The predicted molar refractivity (Wildman–Crippen MR) is 77.6 cm³/mol. The molecule has 2 rings (SSSR count). The van der Waals surface area contributed by atoms with Crippen LogP contribution in [0.1, 0.15) is 32.6 Å². The minimum absolute atomic E-state index is 0.217. The van der Waals surface area contributed by atoms with Crippen molar-refractivity contribution in [3.8, 4) is 0 Å². The molecule has 0 aromatic carbocycles. The standard InChI is InChI=1S/C13H24N4O2S/c1-11-3-2-4-12(7-11)8-16-20(18,19)13-9-15-17(10-13)6-5-14/h9-12,16H,2-8,14H2,1H3. The lowest BCUT2D eigenvalue weighted by molar-refractivity contribution is 0.283. The van der Waals surface area contributed by atoms with Crippen LogP contribution in [-0.4, -0.2) is 31.3 Å². The lowest BCUT2D eigenvalue weighted by Gasteiger charge is -2.26. The summed E-state index contributed by atoms with van der Waals surface area (Å²) in [7, 11) is -3.45. The van der Waals surface area contributed by atoms with Crippen LogP contribution >= 0.6 is 0 Å². The highest BCUT2D eigenvalue weighted by Gasteiger charge is 2.22. The monoisotopic (exact) mass is 300 g/mol. The van der Waals surface area contributed by atoms with Gasteiger partial charge in [0.1, 0.15) is 4.90 Å². The molecule has 0 spiro atoms. The Balaban J connectivity index is 1.92. The maximum absolute atomic E-state index is 12.2. The normalized spacial score (nSPS) is 23.9. The minimum atomic E-state index is -3.45. The molecule has 2 unspecified atom stereocenters. The number of sulfonamides is 1. The van der Waals surface area contributed by atoms with Crippen LogP contribution < -0.4 is 10.5 Å². The van der Waals surface area contributed by atoms with Gasteiger partial charge in [-0.15, -0.1) is 0 Å². The number of nitrogens with zero attached hydrogens (tertiary/aromatic N) is 2. The molecule has 1 aromatic rings. The third-order valence-electron chi connectivity index (χ3n) is 3.89. The van der Waals surface area contributed by atoms with E-state index in [0.29, 0.717) is 31.5 Å². The summed E-state index contributed by atoms with van der Waals surface area (Å²) in [6.45, 7) is 3.72. The maximum atomic E-state index is 12.2. The van der Waals surface area contributed by atoms with E-state index in [2.05, 4.69) is 16.7 Å². The molecule has 6 nitrogen and oxygen atoms in total. The van der Waals surface area contributed by atoms with Crippen molar-refractivity contribution in [2.75, 3.05) is 13.1 Å². The van der Waals surface area contributed by atoms with Crippen LogP contribution in [0.2, 0.25) is 0 Å². The van der Waals surface area contributed by atoms with E-state index in [4.69, 9.17) is 5.73 Å². The van der Waals surface area contributed by atoms with Gasteiger partial charge in [-0.25, -0.2) is 13.1 Å². The van der Waals surface area contributed by atoms with Gasteiger partial charge in [0.05, 0.1) is 12.7 Å². The summed E-state index contributed by atoms with van der Waals surface area (Å²) in [5, 5.41) is 4.00. The van der Waals surface area contributed by atoms with Gasteiger partial charge in [0.15, 0.2) is 0 Å². The van der Waals surface area contributed by atoms with E-state index in [9.17, 15) is 8.42 Å². The Morgan fingerprint density at radius 1 is 1.50 bits per heavy atom. The number of nitrogens with two attached hydrogens (primary N) is 1. The van der Waals surface area contributed by atoms with Gasteiger partial charge >= 0.3 is 0 Å². The van der Waals surface area contributed by atoms with Crippen molar-refractivity contribution in [1.82, 2.24) is 14.5 Å². The third-order valence-corrected chi connectivity index (χ3v) is 5.26. The first-order valence-corrected chi connectivity index (χ1v) is 8.72. The van der Waals surface area contributed by atoms with Crippen molar-refractivity contribution in [3.63, 3.8) is 0 Å². The molecule has 3 N–H and O–H groups in total. The fourth-order valence-electron chi connectivity index (χ4n) is 2.79. The van der Waals surface area contributed by atoms with Gasteiger partial charge in [-0.1, -0.05) is 19.8 Å². The fourth-order valence-corrected chi connectivity index (χ4v) is 3.86. The van der Waals surface area contributed by atoms with Crippen molar-refractivity contribution in [2.45, 2.75) is 44.0 Å². The van der Waals surface area contributed by atoms with Gasteiger partial charge in [0, 0.05) is 19.3 Å². The van der Waals surface area contributed by atoms with E-state index in [0.717, 1.165) is 12.8 Å². The van der Waals surface area contributed by atoms with Crippen molar-refractivity contribution in [3.05, 3.63) is 12.4 Å². The molecule has 1 aliphatic rings. The van der Waals surface area contributed by atoms with Crippen LogP contribution in [0.15, 0.2) is 17.3 Å². The quantitative estimate of drug-likeness (QED) is 0.818. The second kappa shape index (κ2) is 6.69. The van der Waals surface area contributed by atoms with Crippen molar-refractivity contribution in [1.29, 1.82) is 0 Å². The molecule has 0 bridgehead atoms. The first kappa shape index (κ1) is 15.5. The lowest BCUT2D eigenvalue weighted by atomic mass is 9.83. The highest BCUT2D eigenvalue weighted by Crippen LogP contribution is 2.28. The van der Waals surface area contributed by atoms with E-state index < -0.39 is 10.0 Å². The highest BCUT2D eigenvalue weighted by molar-refractivity contribution is 7.89. The first-order chi connectivity index (χ1) is 9.51. The molecule has 0 radical (unpaired) electrons. The molecule has 7 heteroatoms. The number of hydrogen-bond donors (Lipinski definition) is 2. The zero-order chi connectivity index (χ0) is 14.6. The number of nitrogens with one attached hydrogen (secondary N) is 1. The summed E-state index contributed by atoms with van der Waals surface area (Å²) in [4.78, 5) is 0.217. The number of rotatable bonds is 6. The summed E-state index contributed by atoms with van der Waals surface area (Å²) in [6, 6.07) is 0. The van der Waals surface area contributed by atoms with Gasteiger partial charge in [-0.2, -0.15) is 5.10 Å². The van der Waals surface area contributed by atoms with Gasteiger partial charge in [0.25, 0.3) is 0 Å². The predicted octanol–water partition coefficient (Wildman–Crippen LogP) is 0.946. The SMILES string of the molecule is CC1CCCC(CNS(=O)(=O)c2cnn(CCN)c2)C1. The van der Waals surface area contributed by atoms with Gasteiger partial charge < -0.3 is 5.73 Å². The first-order valence-electron chi connectivity index (χ1n) is 7.23. The molecule has 1 aliphatic carbocycles. The number of hydrogen-bond acceptors (Lipinski definition) is 4. The van der Waals surface area contributed by atoms with E-state index in [-0.39, 0.29) is 4.90 Å². The fraction of sp³-hybridized carbons (Fsp3) is 0.769. The Morgan fingerprint density at radius 3 is 3.00 bits per heavy atom. The van der Waals surface area contributed by atoms with E-state index in [1.807, 2.05) is 0 Å². The molecule has 0 amide bonds. The molecule has 1 heterocycles. The molecule has 1 aromatic heterocycles. The summed E-state index contributed by atoms with van der Waals surface area (Å²) < 4.78 is 28.6. The summed E-state index contributed by atoms with van der Waals surface area (Å²) in [5.74, 6) is 1.15. The van der Waals surface area contributed by atoms with E-state index >= 15 is 0 Å². The Labute approximate surface area is 120 Å². The average molecular weight is 300 g/mol. The Hall–Kier alpha value is -0.920. The maximum Gasteiger partial charge on any atom is 0.243 e. The summed E-state index contributed by atoms with van der Waals surface area (Å²) in [5.41, 5.74) is 5.42.